The first-order valence-corrected chi connectivity index (χ1v) is 5.86. The van der Waals surface area contributed by atoms with E-state index in [2.05, 4.69) is 32.6 Å². The highest BCUT2D eigenvalue weighted by molar-refractivity contribution is 4.96. The molecular weight excluding hydrogens is 174 g/mol. The van der Waals surface area contributed by atoms with Gasteiger partial charge in [0.25, 0.3) is 0 Å². The van der Waals surface area contributed by atoms with E-state index in [4.69, 9.17) is 4.74 Å². The van der Waals surface area contributed by atoms with E-state index < -0.39 is 0 Å². The Hall–Kier alpha value is -0.0800. The lowest BCUT2D eigenvalue weighted by Crippen LogP contribution is -2.59. The molecule has 0 N–H and O–H groups in total. The Morgan fingerprint density at radius 2 is 1.79 bits per heavy atom. The van der Waals surface area contributed by atoms with Gasteiger partial charge in [-0.25, -0.2) is 0 Å². The quantitative estimate of drug-likeness (QED) is 0.639. The number of nitrogens with zero attached hydrogens (tertiary/aromatic N) is 1. The molecule has 1 saturated heterocycles. The average Bonchev–Trinajstić information content (AvgIpc) is 2.83. The summed E-state index contributed by atoms with van der Waals surface area (Å²) in [5.41, 5.74) is 0.288. The van der Waals surface area contributed by atoms with Gasteiger partial charge in [0, 0.05) is 17.6 Å². The summed E-state index contributed by atoms with van der Waals surface area (Å²) < 4.78 is 5.68. The van der Waals surface area contributed by atoms with Gasteiger partial charge in [-0.2, -0.15) is 0 Å². The Balaban J connectivity index is 2.12. The summed E-state index contributed by atoms with van der Waals surface area (Å²) in [7, 11) is 0. The van der Waals surface area contributed by atoms with E-state index in [1.54, 1.807) is 0 Å². The molecule has 82 valence electrons. The van der Waals surface area contributed by atoms with Gasteiger partial charge in [-0.3, -0.25) is 4.90 Å². The zero-order valence-electron chi connectivity index (χ0n) is 9.92. The molecule has 0 aromatic heterocycles. The van der Waals surface area contributed by atoms with Gasteiger partial charge in [0.1, 0.15) is 0 Å². The first-order chi connectivity index (χ1) is 6.50. The van der Waals surface area contributed by atoms with Crippen LogP contribution < -0.4 is 0 Å². The highest BCUT2D eigenvalue weighted by Gasteiger charge is 2.43. The van der Waals surface area contributed by atoms with Gasteiger partial charge in [0.05, 0.1) is 13.2 Å². The van der Waals surface area contributed by atoms with Crippen LogP contribution in [0.5, 0.6) is 0 Å². The largest absolute Gasteiger partial charge is 0.378 e. The molecule has 0 spiro atoms. The Morgan fingerprint density at radius 1 is 1.14 bits per heavy atom. The fraction of sp³-hybridized carbons (Fsp3) is 1.00. The summed E-state index contributed by atoms with van der Waals surface area (Å²) in [4.78, 5) is 2.67. The Bertz CT molecular complexity index is 205. The predicted molar refractivity (Wildman–Crippen MR) is 58.4 cm³/mol. The van der Waals surface area contributed by atoms with Crippen LogP contribution >= 0.6 is 0 Å². The maximum absolute atomic E-state index is 5.68. The van der Waals surface area contributed by atoms with Crippen molar-refractivity contribution in [3.63, 3.8) is 0 Å². The molecule has 0 bridgehead atoms. The van der Waals surface area contributed by atoms with Crippen molar-refractivity contribution in [2.24, 2.45) is 5.92 Å². The van der Waals surface area contributed by atoms with Crippen molar-refractivity contribution >= 4 is 0 Å². The average molecular weight is 197 g/mol. The van der Waals surface area contributed by atoms with Crippen molar-refractivity contribution in [3.05, 3.63) is 0 Å². The van der Waals surface area contributed by atoms with E-state index in [-0.39, 0.29) is 5.54 Å². The maximum atomic E-state index is 5.68. The second-order valence-electron chi connectivity index (χ2n) is 5.87. The zero-order chi connectivity index (χ0) is 10.3. The zero-order valence-corrected chi connectivity index (χ0v) is 9.92. The van der Waals surface area contributed by atoms with Crippen LogP contribution in [0.25, 0.3) is 0 Å². The van der Waals surface area contributed by atoms with E-state index >= 15 is 0 Å². The molecule has 0 aromatic carbocycles. The number of rotatable bonds is 1. The first-order valence-electron chi connectivity index (χ1n) is 5.86. The third kappa shape index (κ3) is 1.96. The summed E-state index contributed by atoms with van der Waals surface area (Å²) >= 11 is 0. The lowest BCUT2D eigenvalue weighted by atomic mass is 9.96. The normalized spacial score (nSPS) is 36.0. The molecule has 2 rings (SSSR count). The molecule has 2 atom stereocenters. The fourth-order valence-electron chi connectivity index (χ4n) is 2.85. The van der Waals surface area contributed by atoms with Crippen LogP contribution in [0, 0.1) is 5.92 Å². The Morgan fingerprint density at radius 3 is 2.29 bits per heavy atom. The van der Waals surface area contributed by atoms with Crippen molar-refractivity contribution in [3.8, 4) is 0 Å². The number of hydrogen-bond donors (Lipinski definition) is 0. The molecule has 0 amide bonds. The number of ether oxygens (including phenoxy) is 1. The molecule has 0 aromatic rings. The molecule has 0 unspecified atom stereocenters. The van der Waals surface area contributed by atoms with Crippen LogP contribution in [-0.4, -0.2) is 35.7 Å². The van der Waals surface area contributed by atoms with Crippen molar-refractivity contribution in [1.29, 1.82) is 0 Å². The minimum Gasteiger partial charge on any atom is -0.378 e. The second-order valence-corrected chi connectivity index (χ2v) is 5.87. The molecule has 2 fully saturated rings. The predicted octanol–water partition coefficient (Wildman–Crippen LogP) is 2.28. The molecule has 0 radical (unpaired) electrons. The maximum Gasteiger partial charge on any atom is 0.0625 e. The lowest BCUT2D eigenvalue weighted by molar-refractivity contribution is -0.0909. The minimum absolute atomic E-state index is 0.288. The van der Waals surface area contributed by atoms with Gasteiger partial charge < -0.3 is 4.74 Å². The third-order valence-electron chi connectivity index (χ3n) is 3.42. The third-order valence-corrected chi connectivity index (χ3v) is 3.42. The summed E-state index contributed by atoms with van der Waals surface area (Å²) in [5, 5.41) is 0. The van der Waals surface area contributed by atoms with Crippen molar-refractivity contribution in [2.75, 3.05) is 13.2 Å². The molecule has 1 aliphatic heterocycles. The second kappa shape index (κ2) is 3.49. The van der Waals surface area contributed by atoms with E-state index in [0.717, 1.165) is 19.1 Å². The molecular formula is C12H23NO. The molecule has 2 heteroatoms. The molecule has 2 nitrogen and oxygen atoms in total. The number of morpholine rings is 1. The van der Waals surface area contributed by atoms with Crippen LogP contribution in [0.15, 0.2) is 0 Å². The molecule has 1 aliphatic carbocycles. The van der Waals surface area contributed by atoms with E-state index in [0.29, 0.717) is 12.1 Å². The molecule has 14 heavy (non-hydrogen) atoms. The minimum atomic E-state index is 0.288. The van der Waals surface area contributed by atoms with Gasteiger partial charge >= 0.3 is 0 Å². The first kappa shape index (κ1) is 10.4. The Kier molecular flexibility index (Phi) is 2.61. The molecule has 1 heterocycles. The monoisotopic (exact) mass is 197 g/mol. The van der Waals surface area contributed by atoms with Crippen LogP contribution in [-0.2, 0) is 4.74 Å². The molecule has 1 saturated carbocycles. The van der Waals surface area contributed by atoms with Gasteiger partial charge in [-0.05, 0) is 46.5 Å². The van der Waals surface area contributed by atoms with Gasteiger partial charge in [0.15, 0.2) is 0 Å². The van der Waals surface area contributed by atoms with Crippen molar-refractivity contribution in [1.82, 2.24) is 4.90 Å². The number of hydrogen-bond acceptors (Lipinski definition) is 2. The van der Waals surface area contributed by atoms with Crippen LogP contribution in [0.3, 0.4) is 0 Å². The van der Waals surface area contributed by atoms with Crippen molar-refractivity contribution in [2.45, 2.75) is 58.2 Å². The molecule has 2 aliphatic rings. The summed E-state index contributed by atoms with van der Waals surface area (Å²) in [6, 6.07) is 1.26. The van der Waals surface area contributed by atoms with Crippen molar-refractivity contribution < 1.29 is 4.74 Å². The highest BCUT2D eigenvalue weighted by Crippen LogP contribution is 2.40. The van der Waals surface area contributed by atoms with Gasteiger partial charge in [-0.1, -0.05) is 0 Å². The topological polar surface area (TPSA) is 12.5 Å². The van der Waals surface area contributed by atoms with Crippen LogP contribution in [0.4, 0.5) is 0 Å². The summed E-state index contributed by atoms with van der Waals surface area (Å²) in [5.74, 6) is 0.914. The van der Waals surface area contributed by atoms with E-state index in [1.807, 2.05) is 0 Å². The summed E-state index contributed by atoms with van der Waals surface area (Å²) in [6.45, 7) is 11.1. The fourth-order valence-corrected chi connectivity index (χ4v) is 2.85. The lowest BCUT2D eigenvalue weighted by Gasteiger charge is -2.48. The summed E-state index contributed by atoms with van der Waals surface area (Å²) in [6.07, 6.45) is 2.82. The Labute approximate surface area is 87.6 Å². The smallest absolute Gasteiger partial charge is 0.0625 e. The van der Waals surface area contributed by atoms with E-state index in [9.17, 15) is 0 Å². The highest BCUT2D eigenvalue weighted by atomic mass is 16.5. The van der Waals surface area contributed by atoms with Crippen LogP contribution in [0.1, 0.15) is 40.5 Å². The van der Waals surface area contributed by atoms with Gasteiger partial charge in [-0.15, -0.1) is 0 Å². The standard InChI is InChI=1S/C12H23NO/c1-9-7-14-8-11(10-5-6-10)13(9)12(2,3)4/h9-11H,5-8H2,1-4H3/t9-,11+/m1/s1. The van der Waals surface area contributed by atoms with Gasteiger partial charge in [0.2, 0.25) is 0 Å². The van der Waals surface area contributed by atoms with E-state index in [1.165, 1.54) is 12.8 Å². The van der Waals surface area contributed by atoms with Crippen LogP contribution in [0.2, 0.25) is 0 Å². The SMILES string of the molecule is C[C@@H]1COC[C@@H](C2CC2)N1C(C)(C)C.